The lowest BCUT2D eigenvalue weighted by molar-refractivity contribution is 0.0688. The van der Waals surface area contributed by atoms with Crippen molar-refractivity contribution in [2.24, 2.45) is 7.05 Å². The van der Waals surface area contributed by atoms with Crippen LogP contribution in [0.25, 0.3) is 5.69 Å². The SMILES string of the molecule is Cn1cc(-n2cccc2C(=O)O)cn1. The number of aryl methyl sites for hydroxylation is 1. The number of nitrogens with zero attached hydrogens (tertiary/aromatic N) is 3. The van der Waals surface area contributed by atoms with Crippen molar-refractivity contribution >= 4 is 5.97 Å². The topological polar surface area (TPSA) is 60.0 Å². The highest BCUT2D eigenvalue weighted by Crippen LogP contribution is 2.11. The van der Waals surface area contributed by atoms with Crippen LogP contribution in [0.1, 0.15) is 10.5 Å². The maximum Gasteiger partial charge on any atom is 0.352 e. The highest BCUT2D eigenvalue weighted by atomic mass is 16.4. The molecule has 14 heavy (non-hydrogen) atoms. The van der Waals surface area contributed by atoms with Crippen LogP contribution in [0.5, 0.6) is 0 Å². The van der Waals surface area contributed by atoms with E-state index in [0.717, 1.165) is 5.69 Å². The Bertz CT molecular complexity index is 470. The minimum absolute atomic E-state index is 0.234. The lowest BCUT2D eigenvalue weighted by Gasteiger charge is -2.00. The second-order valence-corrected chi connectivity index (χ2v) is 2.94. The van der Waals surface area contributed by atoms with Crippen LogP contribution in [-0.4, -0.2) is 25.4 Å². The Balaban J connectivity index is 2.51. The van der Waals surface area contributed by atoms with E-state index in [0.29, 0.717) is 0 Å². The maximum absolute atomic E-state index is 10.8. The van der Waals surface area contributed by atoms with Gasteiger partial charge in [0.1, 0.15) is 5.69 Å². The molecule has 1 N–H and O–H groups in total. The average Bonchev–Trinajstić information content (AvgIpc) is 2.70. The molecule has 0 aliphatic heterocycles. The Labute approximate surface area is 80.2 Å². The third-order valence-corrected chi connectivity index (χ3v) is 1.94. The van der Waals surface area contributed by atoms with Crippen LogP contribution in [-0.2, 0) is 7.05 Å². The first-order chi connectivity index (χ1) is 6.68. The molecule has 2 rings (SSSR count). The fourth-order valence-corrected chi connectivity index (χ4v) is 1.31. The summed E-state index contributed by atoms with van der Waals surface area (Å²) in [4.78, 5) is 10.8. The summed E-state index contributed by atoms with van der Waals surface area (Å²) in [6.45, 7) is 0. The van der Waals surface area contributed by atoms with Crippen molar-refractivity contribution in [2.45, 2.75) is 0 Å². The highest BCUT2D eigenvalue weighted by molar-refractivity contribution is 5.86. The Kier molecular flexibility index (Phi) is 1.85. The molecule has 0 saturated heterocycles. The fraction of sp³-hybridized carbons (Fsp3) is 0.111. The second-order valence-electron chi connectivity index (χ2n) is 2.94. The molecule has 0 spiro atoms. The van der Waals surface area contributed by atoms with Crippen LogP contribution >= 0.6 is 0 Å². The molecular formula is C9H9N3O2. The van der Waals surface area contributed by atoms with Crippen molar-refractivity contribution in [2.75, 3.05) is 0 Å². The Morgan fingerprint density at radius 3 is 2.93 bits per heavy atom. The summed E-state index contributed by atoms with van der Waals surface area (Å²) >= 11 is 0. The van der Waals surface area contributed by atoms with Gasteiger partial charge in [-0.15, -0.1) is 0 Å². The number of hydrogen-bond donors (Lipinski definition) is 1. The number of carbonyl (C=O) groups is 1. The molecule has 72 valence electrons. The molecule has 5 heteroatoms. The predicted octanol–water partition coefficient (Wildman–Crippen LogP) is 0.909. The molecule has 0 aromatic carbocycles. The first-order valence-electron chi connectivity index (χ1n) is 4.08. The van der Waals surface area contributed by atoms with Gasteiger partial charge < -0.3 is 9.67 Å². The summed E-state index contributed by atoms with van der Waals surface area (Å²) in [5, 5.41) is 12.9. The highest BCUT2D eigenvalue weighted by Gasteiger charge is 2.10. The zero-order valence-electron chi connectivity index (χ0n) is 7.58. The third-order valence-electron chi connectivity index (χ3n) is 1.94. The smallest absolute Gasteiger partial charge is 0.352 e. The number of carboxylic acids is 1. The Morgan fingerprint density at radius 1 is 1.57 bits per heavy atom. The van der Waals surface area contributed by atoms with Gasteiger partial charge in [0.25, 0.3) is 0 Å². The molecule has 0 aliphatic rings. The van der Waals surface area contributed by atoms with Crippen LogP contribution in [0.3, 0.4) is 0 Å². The van der Waals surface area contributed by atoms with E-state index < -0.39 is 5.97 Å². The van der Waals surface area contributed by atoms with Gasteiger partial charge >= 0.3 is 5.97 Å². The molecule has 2 heterocycles. The van der Waals surface area contributed by atoms with Crippen molar-refractivity contribution in [3.63, 3.8) is 0 Å². The molecule has 2 aromatic rings. The molecule has 0 atom stereocenters. The van der Waals surface area contributed by atoms with E-state index in [2.05, 4.69) is 5.10 Å². The first-order valence-corrected chi connectivity index (χ1v) is 4.08. The molecule has 0 fully saturated rings. The maximum atomic E-state index is 10.8. The van der Waals surface area contributed by atoms with Crippen molar-refractivity contribution in [1.29, 1.82) is 0 Å². The van der Waals surface area contributed by atoms with E-state index in [1.54, 1.807) is 47.0 Å². The molecule has 5 nitrogen and oxygen atoms in total. The van der Waals surface area contributed by atoms with Gasteiger partial charge in [-0.2, -0.15) is 5.10 Å². The van der Waals surface area contributed by atoms with Crippen molar-refractivity contribution in [3.05, 3.63) is 36.4 Å². The second kappa shape index (κ2) is 3.02. The van der Waals surface area contributed by atoms with Gasteiger partial charge in [-0.1, -0.05) is 0 Å². The van der Waals surface area contributed by atoms with Gasteiger partial charge in [-0.05, 0) is 12.1 Å². The molecule has 0 unspecified atom stereocenters. The van der Waals surface area contributed by atoms with Crippen LogP contribution < -0.4 is 0 Å². The Morgan fingerprint density at radius 2 is 2.36 bits per heavy atom. The van der Waals surface area contributed by atoms with Crippen molar-refractivity contribution in [3.8, 4) is 5.69 Å². The zero-order valence-corrected chi connectivity index (χ0v) is 7.58. The van der Waals surface area contributed by atoms with E-state index in [1.165, 1.54) is 0 Å². The normalized spacial score (nSPS) is 10.4. The van der Waals surface area contributed by atoms with E-state index in [9.17, 15) is 4.79 Å². The lowest BCUT2D eigenvalue weighted by atomic mass is 10.4. The minimum atomic E-state index is -0.946. The standard InChI is InChI=1S/C9H9N3O2/c1-11-6-7(5-10-11)12-4-2-3-8(12)9(13)14/h2-6H,1H3,(H,13,14). The van der Waals surface area contributed by atoms with Crippen LogP contribution in [0.4, 0.5) is 0 Å². The minimum Gasteiger partial charge on any atom is -0.477 e. The summed E-state index contributed by atoms with van der Waals surface area (Å²) in [7, 11) is 1.79. The average molecular weight is 191 g/mol. The van der Waals surface area contributed by atoms with Gasteiger partial charge in [0.2, 0.25) is 0 Å². The van der Waals surface area contributed by atoms with Crippen molar-refractivity contribution in [1.82, 2.24) is 14.3 Å². The van der Waals surface area contributed by atoms with Gasteiger partial charge in [0.05, 0.1) is 11.9 Å². The zero-order chi connectivity index (χ0) is 10.1. The quantitative estimate of drug-likeness (QED) is 0.767. The number of aromatic nitrogens is 3. The fourth-order valence-electron chi connectivity index (χ4n) is 1.31. The summed E-state index contributed by atoms with van der Waals surface area (Å²) < 4.78 is 3.20. The monoisotopic (exact) mass is 191 g/mol. The van der Waals surface area contributed by atoms with Crippen LogP contribution in [0.2, 0.25) is 0 Å². The van der Waals surface area contributed by atoms with E-state index in [-0.39, 0.29) is 5.69 Å². The van der Waals surface area contributed by atoms with Gasteiger partial charge in [-0.25, -0.2) is 4.79 Å². The van der Waals surface area contributed by atoms with E-state index in [1.807, 2.05) is 0 Å². The van der Waals surface area contributed by atoms with Crippen LogP contribution in [0.15, 0.2) is 30.7 Å². The number of carboxylic acid groups (broad SMARTS) is 1. The first kappa shape index (κ1) is 8.55. The lowest BCUT2D eigenvalue weighted by Crippen LogP contribution is -2.04. The summed E-state index contributed by atoms with van der Waals surface area (Å²) in [5.41, 5.74) is 0.980. The summed E-state index contributed by atoms with van der Waals surface area (Å²) in [5.74, 6) is -0.946. The number of aromatic carboxylic acids is 1. The van der Waals surface area contributed by atoms with Crippen LogP contribution in [0, 0.1) is 0 Å². The largest absolute Gasteiger partial charge is 0.477 e. The summed E-state index contributed by atoms with van der Waals surface area (Å²) in [6, 6.07) is 3.24. The van der Waals surface area contributed by atoms with Gasteiger partial charge in [-0.3, -0.25) is 4.68 Å². The third kappa shape index (κ3) is 1.28. The molecule has 0 amide bonds. The molecular weight excluding hydrogens is 182 g/mol. The number of rotatable bonds is 2. The molecule has 0 aliphatic carbocycles. The molecule has 2 aromatic heterocycles. The van der Waals surface area contributed by atoms with Gasteiger partial charge in [0.15, 0.2) is 0 Å². The molecule has 0 bridgehead atoms. The predicted molar refractivity (Wildman–Crippen MR) is 49.5 cm³/mol. The van der Waals surface area contributed by atoms with E-state index >= 15 is 0 Å². The summed E-state index contributed by atoms with van der Waals surface area (Å²) in [6.07, 6.45) is 5.07. The molecule has 0 saturated carbocycles. The van der Waals surface area contributed by atoms with Gasteiger partial charge in [0, 0.05) is 19.4 Å². The molecule has 0 radical (unpaired) electrons. The number of hydrogen-bond acceptors (Lipinski definition) is 2. The van der Waals surface area contributed by atoms with E-state index in [4.69, 9.17) is 5.11 Å². The Hall–Kier alpha value is -2.04. The van der Waals surface area contributed by atoms with Crippen molar-refractivity contribution < 1.29 is 9.90 Å².